The number of hydrogen-bond donors (Lipinski definition) is 0. The number of nitrogens with zero attached hydrogens (tertiary/aromatic N) is 2. The van der Waals surface area contributed by atoms with Crippen LogP contribution in [0.5, 0.6) is 0 Å². The van der Waals surface area contributed by atoms with Gasteiger partial charge in [-0.3, -0.25) is 14.2 Å². The van der Waals surface area contributed by atoms with Crippen LogP contribution in [0.1, 0.15) is 5.56 Å². The molecule has 3 heterocycles. The Morgan fingerprint density at radius 1 is 0.964 bits per heavy atom. The molecule has 0 spiro atoms. The van der Waals surface area contributed by atoms with Crippen LogP contribution >= 0.6 is 11.3 Å². The van der Waals surface area contributed by atoms with E-state index < -0.39 is 5.56 Å². The van der Waals surface area contributed by atoms with E-state index in [0.717, 1.165) is 10.3 Å². The molecule has 0 aliphatic rings. The maximum absolute atomic E-state index is 13.5. The molecule has 136 valence electrons. The number of furan rings is 1. The highest BCUT2D eigenvalue weighted by molar-refractivity contribution is 7.24. The van der Waals surface area contributed by atoms with E-state index in [9.17, 15) is 9.59 Å². The van der Waals surface area contributed by atoms with Crippen molar-refractivity contribution < 1.29 is 4.42 Å². The van der Waals surface area contributed by atoms with Crippen molar-refractivity contribution in [2.45, 2.75) is 6.92 Å². The molecule has 0 bridgehead atoms. The molecule has 0 aliphatic carbocycles. The highest BCUT2D eigenvalue weighted by atomic mass is 32.1. The molecule has 0 saturated heterocycles. The van der Waals surface area contributed by atoms with Crippen molar-refractivity contribution in [1.29, 1.82) is 0 Å². The highest BCUT2D eigenvalue weighted by Crippen LogP contribution is 2.26. The molecule has 0 radical (unpaired) electrons. The summed E-state index contributed by atoms with van der Waals surface area (Å²) >= 11 is 1.33. The molecule has 2 aromatic carbocycles. The third-order valence-corrected chi connectivity index (χ3v) is 5.71. The Morgan fingerprint density at radius 3 is 2.50 bits per heavy atom. The van der Waals surface area contributed by atoms with E-state index in [4.69, 9.17) is 4.42 Å². The zero-order valence-corrected chi connectivity index (χ0v) is 15.7. The van der Waals surface area contributed by atoms with E-state index >= 15 is 0 Å². The zero-order valence-electron chi connectivity index (χ0n) is 14.9. The smallest absolute Gasteiger partial charge is 0.271 e. The van der Waals surface area contributed by atoms with Crippen molar-refractivity contribution in [2.75, 3.05) is 0 Å². The van der Waals surface area contributed by atoms with Gasteiger partial charge in [0.1, 0.15) is 10.2 Å². The Balaban J connectivity index is 1.97. The van der Waals surface area contributed by atoms with Crippen molar-refractivity contribution >= 4 is 31.6 Å². The summed E-state index contributed by atoms with van der Waals surface area (Å²) in [4.78, 5) is 31.6. The van der Waals surface area contributed by atoms with Crippen LogP contribution in [0.25, 0.3) is 37.6 Å². The average Bonchev–Trinajstić information content (AvgIpc) is 3.23. The second-order valence-electron chi connectivity index (χ2n) is 6.50. The lowest BCUT2D eigenvalue weighted by molar-refractivity contribution is 0.574. The van der Waals surface area contributed by atoms with Crippen molar-refractivity contribution in [3.8, 4) is 17.3 Å². The molecule has 0 atom stereocenters. The van der Waals surface area contributed by atoms with E-state index in [1.165, 1.54) is 22.2 Å². The molecule has 0 fully saturated rings. The average molecular weight is 386 g/mol. The van der Waals surface area contributed by atoms with Crippen LogP contribution in [0.3, 0.4) is 0 Å². The minimum absolute atomic E-state index is 0.0968. The molecule has 6 heteroatoms. The summed E-state index contributed by atoms with van der Waals surface area (Å²) in [5.41, 5.74) is 1.01. The number of benzene rings is 2. The Kier molecular flexibility index (Phi) is 3.74. The third-order valence-electron chi connectivity index (χ3n) is 4.65. The molecular formula is C22H14N2O3S. The second-order valence-corrected chi connectivity index (χ2v) is 7.53. The van der Waals surface area contributed by atoms with Crippen molar-refractivity contribution in [2.24, 2.45) is 0 Å². The van der Waals surface area contributed by atoms with Gasteiger partial charge in [-0.25, -0.2) is 4.98 Å². The number of aryl methyl sites for hydroxylation is 1. The fraction of sp³-hybridized carbons (Fsp3) is 0.0455. The van der Waals surface area contributed by atoms with Crippen LogP contribution in [0, 0.1) is 6.92 Å². The molecule has 5 rings (SSSR count). The van der Waals surface area contributed by atoms with E-state index in [1.54, 1.807) is 24.3 Å². The molecule has 0 saturated carbocycles. The fourth-order valence-electron chi connectivity index (χ4n) is 3.26. The highest BCUT2D eigenvalue weighted by Gasteiger charge is 2.19. The van der Waals surface area contributed by atoms with Crippen LogP contribution in [-0.2, 0) is 0 Å². The van der Waals surface area contributed by atoms with Gasteiger partial charge in [0.2, 0.25) is 5.43 Å². The summed E-state index contributed by atoms with van der Waals surface area (Å²) in [5.74, 6) is 0.838. The van der Waals surface area contributed by atoms with Crippen molar-refractivity contribution in [3.05, 3.63) is 93.1 Å². The molecular weight excluding hydrogens is 372 g/mol. The first-order valence-electron chi connectivity index (χ1n) is 8.73. The molecule has 0 N–H and O–H groups in total. The van der Waals surface area contributed by atoms with Gasteiger partial charge in [-0.05, 0) is 43.3 Å². The minimum atomic E-state index is -0.396. The van der Waals surface area contributed by atoms with Crippen LogP contribution in [-0.4, -0.2) is 9.55 Å². The maximum atomic E-state index is 13.5. The maximum Gasteiger partial charge on any atom is 0.271 e. The fourth-order valence-corrected chi connectivity index (χ4v) is 4.30. The number of fused-ring (bicyclic) bond motifs is 2. The monoisotopic (exact) mass is 386 g/mol. The van der Waals surface area contributed by atoms with E-state index in [2.05, 4.69) is 4.98 Å². The summed E-state index contributed by atoms with van der Waals surface area (Å²) in [5, 5.41) is 0.625. The first kappa shape index (κ1) is 16.6. The lowest BCUT2D eigenvalue weighted by Crippen LogP contribution is -2.26. The van der Waals surface area contributed by atoms with Gasteiger partial charge in [-0.15, -0.1) is 11.3 Å². The zero-order chi connectivity index (χ0) is 19.3. The van der Waals surface area contributed by atoms with Gasteiger partial charge in [-0.2, -0.15) is 0 Å². The Morgan fingerprint density at radius 2 is 1.75 bits per heavy atom. The summed E-state index contributed by atoms with van der Waals surface area (Å²) < 4.78 is 7.78. The van der Waals surface area contributed by atoms with Gasteiger partial charge in [0, 0.05) is 10.1 Å². The molecule has 0 unspecified atom stereocenters. The van der Waals surface area contributed by atoms with Crippen LogP contribution in [0.15, 0.2) is 80.9 Å². The van der Waals surface area contributed by atoms with Gasteiger partial charge in [0.05, 0.1) is 12.0 Å². The largest absolute Gasteiger partial charge is 0.461 e. The lowest BCUT2D eigenvalue weighted by Gasteiger charge is -2.12. The van der Waals surface area contributed by atoms with Crippen LogP contribution in [0.2, 0.25) is 0 Å². The SMILES string of the molecule is Cc1ccc(-n2c(-c3ccco3)nc3sc4ccccc4c(=O)c3c2=O)cc1. The summed E-state index contributed by atoms with van der Waals surface area (Å²) in [6.45, 7) is 1.97. The minimum Gasteiger partial charge on any atom is -0.461 e. The van der Waals surface area contributed by atoms with Crippen LogP contribution in [0.4, 0.5) is 0 Å². The number of aromatic nitrogens is 2. The van der Waals surface area contributed by atoms with Gasteiger partial charge in [0.25, 0.3) is 5.56 Å². The van der Waals surface area contributed by atoms with Gasteiger partial charge in [0.15, 0.2) is 11.6 Å². The summed E-state index contributed by atoms with van der Waals surface area (Å²) in [6.07, 6.45) is 1.54. The Hall–Kier alpha value is -3.51. The van der Waals surface area contributed by atoms with Gasteiger partial charge in [-0.1, -0.05) is 29.8 Å². The molecule has 5 aromatic rings. The first-order valence-corrected chi connectivity index (χ1v) is 9.54. The van der Waals surface area contributed by atoms with E-state index in [0.29, 0.717) is 27.5 Å². The molecule has 5 nitrogen and oxygen atoms in total. The third kappa shape index (κ3) is 2.50. The molecule has 28 heavy (non-hydrogen) atoms. The molecule has 0 amide bonds. The van der Waals surface area contributed by atoms with Crippen LogP contribution < -0.4 is 11.0 Å². The number of rotatable bonds is 2. The normalized spacial score (nSPS) is 11.3. The lowest BCUT2D eigenvalue weighted by atomic mass is 10.2. The quantitative estimate of drug-likeness (QED) is 0.418. The summed E-state index contributed by atoms with van der Waals surface area (Å²) in [6, 6.07) is 18.3. The first-order chi connectivity index (χ1) is 13.6. The van der Waals surface area contributed by atoms with Crippen molar-refractivity contribution in [3.63, 3.8) is 0 Å². The standard InChI is InChI=1S/C22H14N2O3S/c1-13-8-10-14(11-9-13)24-20(16-6-4-12-27-16)23-21-18(22(24)26)19(25)15-5-2-3-7-17(15)28-21/h2-12H,1H3. The van der Waals surface area contributed by atoms with Crippen molar-refractivity contribution in [1.82, 2.24) is 9.55 Å². The Labute approximate surface area is 163 Å². The predicted molar refractivity (Wildman–Crippen MR) is 111 cm³/mol. The second kappa shape index (κ2) is 6.28. The van der Waals surface area contributed by atoms with E-state index in [-0.39, 0.29) is 10.8 Å². The van der Waals surface area contributed by atoms with Gasteiger partial charge >= 0.3 is 0 Å². The summed E-state index contributed by atoms with van der Waals surface area (Å²) in [7, 11) is 0. The Bertz CT molecular complexity index is 1450. The van der Waals surface area contributed by atoms with E-state index in [1.807, 2.05) is 43.3 Å². The molecule has 0 aliphatic heterocycles. The predicted octanol–water partition coefficient (Wildman–Crippen LogP) is 4.53. The number of hydrogen-bond acceptors (Lipinski definition) is 5. The topological polar surface area (TPSA) is 65.1 Å². The molecule has 3 aromatic heterocycles. The van der Waals surface area contributed by atoms with Gasteiger partial charge < -0.3 is 4.42 Å².